The molecule has 2 heterocycles. The second-order valence-electron chi connectivity index (χ2n) is 8.62. The Morgan fingerprint density at radius 2 is 1.97 bits per heavy atom. The number of rotatable bonds is 13. The minimum Gasteiger partial charge on any atom is -0.463 e. The molecule has 2 aromatic rings. The quantitative estimate of drug-likeness (QED) is 0.480. The zero-order valence-corrected chi connectivity index (χ0v) is 19.1. The van der Waals surface area contributed by atoms with E-state index in [1.807, 2.05) is 19.2 Å². The predicted octanol–water partition coefficient (Wildman–Crippen LogP) is 3.28. The van der Waals surface area contributed by atoms with Crippen LogP contribution in [-0.2, 0) is 22.6 Å². The van der Waals surface area contributed by atoms with Crippen molar-refractivity contribution in [2.24, 2.45) is 0 Å². The van der Waals surface area contributed by atoms with Crippen LogP contribution in [0.15, 0.2) is 42.6 Å². The number of carbonyl (C=O) groups is 1. The predicted molar refractivity (Wildman–Crippen MR) is 123 cm³/mol. The Bertz CT molecular complexity index is 818. The molecule has 1 aliphatic rings. The molecule has 0 amide bonds. The monoisotopic (exact) mass is 445 g/mol. The molecule has 0 saturated carbocycles. The number of aromatic nitrogens is 1. The number of hydrogen-bond acceptors (Lipinski definition) is 5. The summed E-state index contributed by atoms with van der Waals surface area (Å²) in [6.07, 6.45) is 4.91. The van der Waals surface area contributed by atoms with Crippen LogP contribution in [0, 0.1) is 5.82 Å². The van der Waals surface area contributed by atoms with Gasteiger partial charge in [-0.2, -0.15) is 0 Å². The van der Waals surface area contributed by atoms with E-state index in [-0.39, 0.29) is 18.4 Å². The summed E-state index contributed by atoms with van der Waals surface area (Å²) in [5.41, 5.74) is 2.17. The average molecular weight is 446 g/mol. The molecule has 1 fully saturated rings. The van der Waals surface area contributed by atoms with Gasteiger partial charge in [-0.25, -0.2) is 4.39 Å². The molecule has 7 heteroatoms. The maximum Gasteiger partial charge on any atom is 0.305 e. The first-order valence-electron chi connectivity index (χ1n) is 11.7. The molecule has 1 saturated heterocycles. The molecule has 1 atom stereocenters. The Labute approximate surface area is 190 Å². The number of halogens is 1. The summed E-state index contributed by atoms with van der Waals surface area (Å²) in [6.45, 7) is 7.80. The van der Waals surface area contributed by atoms with Gasteiger partial charge in [0.05, 0.1) is 0 Å². The first-order chi connectivity index (χ1) is 15.5. The van der Waals surface area contributed by atoms with Gasteiger partial charge in [0.2, 0.25) is 0 Å². The summed E-state index contributed by atoms with van der Waals surface area (Å²) >= 11 is 0. The summed E-state index contributed by atoms with van der Waals surface area (Å²) in [7, 11) is 0. The fraction of sp³-hybridized carbons (Fsp3) is 0.560. The zero-order chi connectivity index (χ0) is 22.8. The molecular formula is C25H36FN3O3. The van der Waals surface area contributed by atoms with Crippen molar-refractivity contribution < 1.29 is 19.0 Å². The highest BCUT2D eigenvalue weighted by molar-refractivity contribution is 5.69. The highest BCUT2D eigenvalue weighted by atomic mass is 19.1. The van der Waals surface area contributed by atoms with E-state index in [9.17, 15) is 14.3 Å². The zero-order valence-electron chi connectivity index (χ0n) is 19.1. The van der Waals surface area contributed by atoms with E-state index in [1.54, 1.807) is 12.1 Å². The fourth-order valence-corrected chi connectivity index (χ4v) is 4.10. The van der Waals surface area contributed by atoms with Gasteiger partial charge in [-0.05, 0) is 62.2 Å². The average Bonchev–Trinajstić information content (AvgIpc) is 3.45. The lowest BCUT2D eigenvalue weighted by molar-refractivity contribution is -0.147. The van der Waals surface area contributed by atoms with Gasteiger partial charge in [-0.15, -0.1) is 0 Å². The van der Waals surface area contributed by atoms with Gasteiger partial charge in [0.25, 0.3) is 0 Å². The standard InChI is InChI=1S/C25H36FN3O3/c1-2-6-25(31)32-20-24(30)19-28(16-15-27-12-3-4-13-27)18-23-7-5-14-29(23)17-21-8-10-22(26)11-9-21/h5,7-11,14,24,30H,2-4,6,12-13,15-20H2,1H3/t24-/m0/s1. The Kier molecular flexibility index (Phi) is 9.71. The van der Waals surface area contributed by atoms with Crippen LogP contribution in [0.3, 0.4) is 0 Å². The lowest BCUT2D eigenvalue weighted by Gasteiger charge is -2.27. The van der Waals surface area contributed by atoms with E-state index in [1.165, 1.54) is 25.0 Å². The SMILES string of the molecule is CCCC(=O)OC[C@@H](O)CN(CCN1CCCC1)Cc1cccn1Cc1ccc(F)cc1. The number of esters is 1. The van der Waals surface area contributed by atoms with Crippen LogP contribution in [0.2, 0.25) is 0 Å². The van der Waals surface area contributed by atoms with Gasteiger partial charge in [0.15, 0.2) is 0 Å². The minimum atomic E-state index is -0.727. The number of carbonyl (C=O) groups excluding carboxylic acids is 1. The number of benzene rings is 1. The number of likely N-dealkylation sites (tertiary alicyclic amines) is 1. The van der Waals surface area contributed by atoms with Crippen LogP contribution in [0.1, 0.15) is 43.9 Å². The van der Waals surface area contributed by atoms with E-state index in [0.29, 0.717) is 26.1 Å². The molecule has 0 radical (unpaired) electrons. The third kappa shape index (κ3) is 8.04. The van der Waals surface area contributed by atoms with Crippen molar-refractivity contribution in [1.29, 1.82) is 0 Å². The number of nitrogens with zero attached hydrogens (tertiary/aromatic N) is 3. The highest BCUT2D eigenvalue weighted by Gasteiger charge is 2.18. The molecule has 1 aromatic heterocycles. The maximum absolute atomic E-state index is 13.2. The topological polar surface area (TPSA) is 57.9 Å². The smallest absolute Gasteiger partial charge is 0.305 e. The Balaban J connectivity index is 1.60. The molecule has 1 aliphatic heterocycles. The molecule has 1 N–H and O–H groups in total. The van der Waals surface area contributed by atoms with E-state index < -0.39 is 6.10 Å². The van der Waals surface area contributed by atoms with Gasteiger partial charge in [-0.3, -0.25) is 9.69 Å². The molecule has 0 spiro atoms. The van der Waals surface area contributed by atoms with Crippen molar-refractivity contribution in [1.82, 2.24) is 14.4 Å². The van der Waals surface area contributed by atoms with E-state index in [4.69, 9.17) is 4.74 Å². The van der Waals surface area contributed by atoms with Crippen LogP contribution < -0.4 is 0 Å². The van der Waals surface area contributed by atoms with Crippen molar-refractivity contribution in [2.75, 3.05) is 39.3 Å². The number of aliphatic hydroxyl groups excluding tert-OH is 1. The molecule has 176 valence electrons. The van der Waals surface area contributed by atoms with Crippen LogP contribution in [0.25, 0.3) is 0 Å². The summed E-state index contributed by atoms with van der Waals surface area (Å²) in [5.74, 6) is -0.494. The molecule has 0 aliphatic carbocycles. The molecule has 6 nitrogen and oxygen atoms in total. The lowest BCUT2D eigenvalue weighted by Crippen LogP contribution is -2.40. The summed E-state index contributed by atoms with van der Waals surface area (Å²) in [5, 5.41) is 10.5. The van der Waals surface area contributed by atoms with Crippen LogP contribution in [0.4, 0.5) is 4.39 Å². The third-order valence-electron chi connectivity index (χ3n) is 5.87. The molecule has 0 unspecified atom stereocenters. The maximum atomic E-state index is 13.2. The molecule has 0 bridgehead atoms. The largest absolute Gasteiger partial charge is 0.463 e. The van der Waals surface area contributed by atoms with Crippen LogP contribution in [0.5, 0.6) is 0 Å². The second kappa shape index (κ2) is 12.7. The van der Waals surface area contributed by atoms with Crippen molar-refractivity contribution >= 4 is 5.97 Å². The van der Waals surface area contributed by atoms with Crippen LogP contribution >= 0.6 is 0 Å². The third-order valence-corrected chi connectivity index (χ3v) is 5.87. The van der Waals surface area contributed by atoms with Crippen molar-refractivity contribution in [3.63, 3.8) is 0 Å². The molecular weight excluding hydrogens is 409 g/mol. The van der Waals surface area contributed by atoms with Crippen molar-refractivity contribution in [2.45, 2.75) is 51.8 Å². The van der Waals surface area contributed by atoms with Crippen LogP contribution in [-0.4, -0.2) is 70.9 Å². The van der Waals surface area contributed by atoms with Gasteiger partial charge in [-0.1, -0.05) is 19.1 Å². The van der Waals surface area contributed by atoms with Gasteiger partial charge in [0, 0.05) is 51.0 Å². The Hall–Kier alpha value is -2.22. The van der Waals surface area contributed by atoms with Gasteiger partial charge < -0.3 is 19.3 Å². The minimum absolute atomic E-state index is 0.0235. The molecule has 3 rings (SSSR count). The summed E-state index contributed by atoms with van der Waals surface area (Å²) in [6, 6.07) is 10.7. The van der Waals surface area contributed by atoms with Crippen molar-refractivity contribution in [3.8, 4) is 0 Å². The normalized spacial score (nSPS) is 15.4. The fourth-order valence-electron chi connectivity index (χ4n) is 4.10. The number of aliphatic hydroxyl groups is 1. The second-order valence-corrected chi connectivity index (χ2v) is 8.62. The van der Waals surface area contributed by atoms with Gasteiger partial charge >= 0.3 is 5.97 Å². The summed E-state index contributed by atoms with van der Waals surface area (Å²) in [4.78, 5) is 16.3. The van der Waals surface area contributed by atoms with E-state index in [2.05, 4.69) is 20.4 Å². The highest BCUT2D eigenvalue weighted by Crippen LogP contribution is 2.13. The first-order valence-corrected chi connectivity index (χ1v) is 11.7. The molecule has 32 heavy (non-hydrogen) atoms. The Morgan fingerprint density at radius 3 is 2.69 bits per heavy atom. The van der Waals surface area contributed by atoms with E-state index in [0.717, 1.165) is 43.9 Å². The van der Waals surface area contributed by atoms with E-state index >= 15 is 0 Å². The summed E-state index contributed by atoms with van der Waals surface area (Å²) < 4.78 is 20.6. The molecule has 1 aromatic carbocycles. The number of ether oxygens (including phenoxy) is 1. The van der Waals surface area contributed by atoms with Gasteiger partial charge in [0.1, 0.15) is 18.5 Å². The Morgan fingerprint density at radius 1 is 1.22 bits per heavy atom. The first kappa shape index (κ1) is 24.4. The number of hydrogen-bond donors (Lipinski definition) is 1. The van der Waals surface area contributed by atoms with Crippen molar-refractivity contribution in [3.05, 3.63) is 59.7 Å². The lowest BCUT2D eigenvalue weighted by atomic mass is 10.2.